The van der Waals surface area contributed by atoms with Gasteiger partial charge in [-0.2, -0.15) is 13.2 Å². The number of unbranched alkanes of at least 4 members (excludes halogenated alkanes) is 1. The maximum atomic E-state index is 13.4. The molecule has 12 heteroatoms. The van der Waals surface area contributed by atoms with Crippen molar-refractivity contribution < 1.29 is 31.2 Å². The molecule has 216 valence electrons. The van der Waals surface area contributed by atoms with Gasteiger partial charge in [0.25, 0.3) is 0 Å². The van der Waals surface area contributed by atoms with Gasteiger partial charge in [0.2, 0.25) is 21.8 Å². The van der Waals surface area contributed by atoms with Crippen molar-refractivity contribution >= 4 is 39.1 Å². The quantitative estimate of drug-likeness (QED) is 0.289. The first-order valence-electron chi connectivity index (χ1n) is 12.7. The second-order valence-corrected chi connectivity index (χ2v) is 11.5. The van der Waals surface area contributed by atoms with Crippen LogP contribution >= 0.6 is 11.6 Å². The summed E-state index contributed by atoms with van der Waals surface area (Å²) >= 11 is 5.98. The van der Waals surface area contributed by atoms with Crippen LogP contribution in [0.15, 0.2) is 48.5 Å². The Labute approximate surface area is 233 Å². The van der Waals surface area contributed by atoms with Crippen molar-refractivity contribution in [2.45, 2.75) is 64.7 Å². The summed E-state index contributed by atoms with van der Waals surface area (Å²) in [6, 6.07) is 10.2. The fourth-order valence-electron chi connectivity index (χ4n) is 4.05. The Morgan fingerprint density at radius 2 is 1.72 bits per heavy atom. The van der Waals surface area contributed by atoms with Gasteiger partial charge in [0.1, 0.15) is 6.04 Å². The van der Waals surface area contributed by atoms with E-state index >= 15 is 0 Å². The Morgan fingerprint density at radius 3 is 2.28 bits per heavy atom. The molecule has 2 amide bonds. The average molecular weight is 590 g/mol. The van der Waals surface area contributed by atoms with E-state index < -0.39 is 27.8 Å². The van der Waals surface area contributed by atoms with Gasteiger partial charge in [-0.05, 0) is 55.2 Å². The normalized spacial score (nSPS) is 12.6. The second-order valence-electron chi connectivity index (χ2n) is 9.20. The van der Waals surface area contributed by atoms with E-state index in [2.05, 4.69) is 5.32 Å². The van der Waals surface area contributed by atoms with Crippen molar-refractivity contribution in [2.24, 2.45) is 0 Å². The molecule has 0 bridgehead atoms. The van der Waals surface area contributed by atoms with Gasteiger partial charge in [0.05, 0.1) is 17.5 Å². The first-order valence-corrected chi connectivity index (χ1v) is 15.0. The van der Waals surface area contributed by atoms with Gasteiger partial charge in [-0.1, -0.05) is 50.1 Å². The molecular formula is C27H35ClF3N3O4S. The highest BCUT2D eigenvalue weighted by atomic mass is 35.5. The topological polar surface area (TPSA) is 86.8 Å². The molecule has 39 heavy (non-hydrogen) atoms. The highest BCUT2D eigenvalue weighted by Crippen LogP contribution is 2.32. The van der Waals surface area contributed by atoms with Gasteiger partial charge in [0.15, 0.2) is 0 Å². The standard InChI is InChI=1S/C27H35ClF3N3O4S/c1-4-6-16-32-26(36)24(5-2)33(19-20-12-14-22(28)15-13-20)25(35)11-8-17-34(39(3,37)38)23-10-7-9-21(18-23)27(29,30)31/h7,9-10,12-15,18,24H,4-6,8,11,16-17,19H2,1-3H3,(H,32,36)/t24-/m1/s1. The van der Waals surface area contributed by atoms with Crippen molar-refractivity contribution in [3.05, 3.63) is 64.7 Å². The summed E-state index contributed by atoms with van der Waals surface area (Å²) in [6.45, 7) is 4.21. The van der Waals surface area contributed by atoms with Gasteiger partial charge >= 0.3 is 6.18 Å². The molecule has 1 N–H and O–H groups in total. The first-order chi connectivity index (χ1) is 18.3. The van der Waals surface area contributed by atoms with Crippen LogP contribution in [0.1, 0.15) is 57.1 Å². The van der Waals surface area contributed by atoms with Crippen molar-refractivity contribution in [3.63, 3.8) is 0 Å². The zero-order valence-corrected chi connectivity index (χ0v) is 23.9. The third-order valence-corrected chi connectivity index (χ3v) is 7.54. The number of carbonyl (C=O) groups excluding carboxylic acids is 2. The number of alkyl halides is 3. The van der Waals surface area contributed by atoms with Gasteiger partial charge < -0.3 is 10.2 Å². The van der Waals surface area contributed by atoms with Crippen molar-refractivity contribution in [2.75, 3.05) is 23.7 Å². The molecule has 0 spiro atoms. The predicted octanol–water partition coefficient (Wildman–Crippen LogP) is 5.63. The van der Waals surface area contributed by atoms with E-state index in [0.717, 1.165) is 47.2 Å². The highest BCUT2D eigenvalue weighted by molar-refractivity contribution is 7.92. The van der Waals surface area contributed by atoms with E-state index in [4.69, 9.17) is 11.6 Å². The van der Waals surface area contributed by atoms with Crippen LogP contribution in [0.25, 0.3) is 0 Å². The molecule has 0 saturated heterocycles. The largest absolute Gasteiger partial charge is 0.416 e. The van der Waals surface area contributed by atoms with Crippen molar-refractivity contribution in [1.82, 2.24) is 10.2 Å². The fourth-order valence-corrected chi connectivity index (χ4v) is 5.14. The number of hydrogen-bond acceptors (Lipinski definition) is 4. The summed E-state index contributed by atoms with van der Waals surface area (Å²) in [5.74, 6) is -0.657. The van der Waals surface area contributed by atoms with Crippen LogP contribution in [0.3, 0.4) is 0 Å². The lowest BCUT2D eigenvalue weighted by Crippen LogP contribution is -2.49. The third-order valence-electron chi connectivity index (χ3n) is 6.10. The van der Waals surface area contributed by atoms with E-state index in [-0.39, 0.29) is 43.4 Å². The number of rotatable bonds is 14. The lowest BCUT2D eigenvalue weighted by molar-refractivity contribution is -0.141. The minimum absolute atomic E-state index is 0.0349. The predicted molar refractivity (Wildman–Crippen MR) is 147 cm³/mol. The smallest absolute Gasteiger partial charge is 0.354 e. The lowest BCUT2D eigenvalue weighted by atomic mass is 10.1. The number of nitrogens with one attached hydrogen (secondary N) is 1. The molecule has 0 aromatic heterocycles. The minimum Gasteiger partial charge on any atom is -0.354 e. The van der Waals surface area contributed by atoms with Gasteiger partial charge in [-0.3, -0.25) is 13.9 Å². The van der Waals surface area contributed by atoms with Crippen LogP contribution in [0.4, 0.5) is 18.9 Å². The lowest BCUT2D eigenvalue weighted by Gasteiger charge is -2.31. The van der Waals surface area contributed by atoms with Crippen LogP contribution in [0.5, 0.6) is 0 Å². The number of nitrogens with zero attached hydrogens (tertiary/aromatic N) is 2. The monoisotopic (exact) mass is 589 g/mol. The van der Waals surface area contributed by atoms with Crippen LogP contribution in [0.2, 0.25) is 5.02 Å². The van der Waals surface area contributed by atoms with E-state index in [1.54, 1.807) is 31.2 Å². The molecule has 0 aliphatic rings. The summed E-state index contributed by atoms with van der Waals surface area (Å²) in [7, 11) is -3.93. The summed E-state index contributed by atoms with van der Waals surface area (Å²) < 4.78 is 65.3. The van der Waals surface area contributed by atoms with Crippen LogP contribution < -0.4 is 9.62 Å². The molecule has 2 aromatic rings. The maximum Gasteiger partial charge on any atom is 0.416 e. The number of anilines is 1. The summed E-state index contributed by atoms with van der Waals surface area (Å²) in [5.41, 5.74) is -0.354. The Hall–Kier alpha value is -2.79. The molecule has 2 rings (SSSR count). The van der Waals surface area contributed by atoms with E-state index in [0.29, 0.717) is 18.0 Å². The third kappa shape index (κ3) is 10.0. The number of amides is 2. The van der Waals surface area contributed by atoms with Gasteiger partial charge in [-0.15, -0.1) is 0 Å². The number of benzene rings is 2. The number of sulfonamides is 1. The zero-order valence-electron chi connectivity index (χ0n) is 22.3. The van der Waals surface area contributed by atoms with Crippen LogP contribution in [-0.2, 0) is 32.3 Å². The summed E-state index contributed by atoms with van der Waals surface area (Å²) in [4.78, 5) is 27.8. The molecule has 0 unspecified atom stereocenters. The second kappa shape index (κ2) is 14.6. The molecule has 0 aliphatic carbocycles. The fraction of sp³-hybridized carbons (Fsp3) is 0.481. The van der Waals surface area contributed by atoms with Gasteiger partial charge in [0, 0.05) is 31.1 Å². The van der Waals surface area contributed by atoms with Crippen LogP contribution in [-0.4, -0.2) is 50.5 Å². The molecule has 0 heterocycles. The van der Waals surface area contributed by atoms with Crippen molar-refractivity contribution in [1.29, 1.82) is 0 Å². The van der Waals surface area contributed by atoms with E-state index in [9.17, 15) is 31.2 Å². The van der Waals surface area contributed by atoms with E-state index in [1.165, 1.54) is 11.0 Å². The molecular weight excluding hydrogens is 555 g/mol. The molecule has 1 atom stereocenters. The Kier molecular flexibility index (Phi) is 12.1. The Morgan fingerprint density at radius 1 is 1.05 bits per heavy atom. The molecule has 0 aliphatic heterocycles. The van der Waals surface area contributed by atoms with Crippen LogP contribution in [0, 0.1) is 0 Å². The molecule has 0 radical (unpaired) electrons. The molecule has 0 saturated carbocycles. The number of halogens is 4. The Balaban J connectivity index is 2.23. The average Bonchev–Trinajstić information content (AvgIpc) is 2.86. The summed E-state index contributed by atoms with van der Waals surface area (Å²) in [5, 5.41) is 3.39. The Bertz CT molecular complexity index is 1210. The van der Waals surface area contributed by atoms with E-state index in [1.807, 2.05) is 6.92 Å². The maximum absolute atomic E-state index is 13.4. The number of hydrogen-bond donors (Lipinski definition) is 1. The molecule has 7 nitrogen and oxygen atoms in total. The highest BCUT2D eigenvalue weighted by Gasteiger charge is 2.32. The zero-order chi connectivity index (χ0) is 29.2. The minimum atomic E-state index is -4.63. The summed E-state index contributed by atoms with van der Waals surface area (Å²) in [6.07, 6.45) is -1.77. The van der Waals surface area contributed by atoms with Crippen molar-refractivity contribution in [3.8, 4) is 0 Å². The SMILES string of the molecule is CCCCNC(=O)[C@@H](CC)N(Cc1ccc(Cl)cc1)C(=O)CCCN(c1cccc(C(F)(F)F)c1)S(C)(=O)=O. The number of carbonyl (C=O) groups is 2. The molecule has 2 aromatic carbocycles. The molecule has 0 fully saturated rings. The van der Waals surface area contributed by atoms with Gasteiger partial charge in [-0.25, -0.2) is 8.42 Å². The first kappa shape index (κ1) is 32.4.